The van der Waals surface area contributed by atoms with E-state index in [9.17, 15) is 0 Å². The number of rotatable bonds is 8. The topological polar surface area (TPSA) is 58.0 Å². The smallest absolute Gasteiger partial charge is 0.133 e. The number of aryl methyl sites for hydroxylation is 1. The van der Waals surface area contributed by atoms with Crippen LogP contribution in [0.3, 0.4) is 0 Å². The third kappa shape index (κ3) is 4.46. The molecule has 0 aliphatic rings. The van der Waals surface area contributed by atoms with Gasteiger partial charge in [-0.15, -0.1) is 11.8 Å². The Balaban J connectivity index is 2.85. The maximum absolute atomic E-state index is 8.83. The zero-order valence-electron chi connectivity index (χ0n) is 11.5. The van der Waals surface area contributed by atoms with Gasteiger partial charge in [0.2, 0.25) is 0 Å². The second kappa shape index (κ2) is 8.32. The molecule has 18 heavy (non-hydrogen) atoms. The molecule has 0 amide bonds. The molecule has 0 spiro atoms. The molecule has 0 fully saturated rings. The van der Waals surface area contributed by atoms with Crippen molar-refractivity contribution in [3.8, 4) is 0 Å². The van der Waals surface area contributed by atoms with Crippen LogP contribution in [0.15, 0.2) is 5.03 Å². The van der Waals surface area contributed by atoms with Crippen molar-refractivity contribution in [3.05, 3.63) is 11.4 Å². The molecule has 0 aliphatic heterocycles. The molecule has 0 bridgehead atoms. The monoisotopic (exact) mass is 269 g/mol. The fraction of sp³-hybridized carbons (Fsp3) is 0.692. The molecular weight excluding hydrogens is 246 g/mol. The lowest BCUT2D eigenvalue weighted by Gasteiger charge is -2.12. The molecule has 0 unspecified atom stereocenters. The van der Waals surface area contributed by atoms with Crippen molar-refractivity contribution in [2.24, 2.45) is 0 Å². The molecule has 4 nitrogen and oxygen atoms in total. The Labute approximate surface area is 114 Å². The highest BCUT2D eigenvalue weighted by Crippen LogP contribution is 2.25. The molecule has 102 valence electrons. The first kappa shape index (κ1) is 15.2. The van der Waals surface area contributed by atoms with Crippen molar-refractivity contribution < 1.29 is 5.11 Å². The third-order valence-electron chi connectivity index (χ3n) is 2.55. The van der Waals surface area contributed by atoms with E-state index < -0.39 is 0 Å². The Morgan fingerprint density at radius 2 is 2.06 bits per heavy atom. The van der Waals surface area contributed by atoms with Crippen LogP contribution in [0.4, 0.5) is 5.82 Å². The summed E-state index contributed by atoms with van der Waals surface area (Å²) < 4.78 is 0. The zero-order chi connectivity index (χ0) is 13.4. The molecular formula is C13H23N3OS. The van der Waals surface area contributed by atoms with Gasteiger partial charge in [0, 0.05) is 30.9 Å². The first-order valence-corrected chi connectivity index (χ1v) is 7.56. The number of nitrogens with one attached hydrogen (secondary N) is 1. The molecule has 0 aromatic carbocycles. The first-order chi connectivity index (χ1) is 8.72. The van der Waals surface area contributed by atoms with Gasteiger partial charge in [-0.2, -0.15) is 0 Å². The minimum absolute atomic E-state index is 0.235. The summed E-state index contributed by atoms with van der Waals surface area (Å²) in [7, 11) is 0. The van der Waals surface area contributed by atoms with E-state index in [2.05, 4.69) is 36.1 Å². The lowest BCUT2D eigenvalue weighted by molar-refractivity contribution is 0.296. The summed E-state index contributed by atoms with van der Waals surface area (Å²) in [5, 5.41) is 13.2. The summed E-state index contributed by atoms with van der Waals surface area (Å²) in [5.41, 5.74) is 1.11. The summed E-state index contributed by atoms with van der Waals surface area (Å²) in [6, 6.07) is 0. The van der Waals surface area contributed by atoms with E-state index in [0.717, 1.165) is 53.8 Å². The summed E-state index contributed by atoms with van der Waals surface area (Å²) in [4.78, 5) is 9.09. The van der Waals surface area contributed by atoms with Gasteiger partial charge in [-0.05, 0) is 19.8 Å². The fourth-order valence-corrected chi connectivity index (χ4v) is 2.44. The Morgan fingerprint density at radius 3 is 2.67 bits per heavy atom. The van der Waals surface area contributed by atoms with Crippen LogP contribution in [-0.4, -0.2) is 34.0 Å². The largest absolute Gasteiger partial charge is 0.396 e. The highest BCUT2D eigenvalue weighted by Gasteiger charge is 2.10. The maximum atomic E-state index is 8.83. The van der Waals surface area contributed by atoms with Crippen LogP contribution in [0, 0.1) is 6.92 Å². The minimum Gasteiger partial charge on any atom is -0.396 e. The average molecular weight is 269 g/mol. The Kier molecular flexibility index (Phi) is 7.05. The van der Waals surface area contributed by atoms with Gasteiger partial charge in [0.1, 0.15) is 16.7 Å². The van der Waals surface area contributed by atoms with Crippen molar-refractivity contribution in [3.63, 3.8) is 0 Å². The Hall–Kier alpha value is -0.810. The van der Waals surface area contributed by atoms with Crippen molar-refractivity contribution >= 4 is 17.6 Å². The van der Waals surface area contributed by atoms with Gasteiger partial charge in [0.25, 0.3) is 0 Å². The fourth-order valence-electron chi connectivity index (χ4n) is 1.49. The van der Waals surface area contributed by atoms with E-state index in [0.29, 0.717) is 0 Å². The van der Waals surface area contributed by atoms with Gasteiger partial charge in [0.05, 0.1) is 0 Å². The number of thioether (sulfide) groups is 1. The van der Waals surface area contributed by atoms with Crippen LogP contribution in [0.2, 0.25) is 0 Å². The highest BCUT2D eigenvalue weighted by molar-refractivity contribution is 7.99. The van der Waals surface area contributed by atoms with Crippen LogP contribution in [0.1, 0.15) is 38.1 Å². The van der Waals surface area contributed by atoms with E-state index in [4.69, 9.17) is 5.11 Å². The lowest BCUT2D eigenvalue weighted by atomic mass is 10.3. The predicted octanol–water partition coefficient (Wildman–Crippen LogP) is 2.64. The van der Waals surface area contributed by atoms with E-state index in [1.165, 1.54) is 0 Å². The normalized spacial score (nSPS) is 10.7. The first-order valence-electron chi connectivity index (χ1n) is 6.57. The summed E-state index contributed by atoms with van der Waals surface area (Å²) in [6.07, 6.45) is 2.72. The standard InChI is InChI=1S/C13H23N3OS/c1-4-7-14-12-10(3)13(18-9-6-8-17)16-11(5-2)15-12/h17H,4-9H2,1-3H3,(H,14,15,16). The van der Waals surface area contributed by atoms with Gasteiger partial charge in [-0.3, -0.25) is 0 Å². The molecule has 1 rings (SSSR count). The Morgan fingerprint density at radius 1 is 1.28 bits per heavy atom. The number of anilines is 1. The van der Waals surface area contributed by atoms with Gasteiger partial charge in [-0.1, -0.05) is 13.8 Å². The zero-order valence-corrected chi connectivity index (χ0v) is 12.3. The SMILES string of the molecule is CCCNc1nc(CC)nc(SCCCO)c1C. The molecule has 1 aromatic heterocycles. The molecule has 0 saturated heterocycles. The molecule has 0 atom stereocenters. The summed E-state index contributed by atoms with van der Waals surface area (Å²) in [5.74, 6) is 2.73. The van der Waals surface area contributed by atoms with Crippen molar-refractivity contribution in [1.82, 2.24) is 9.97 Å². The van der Waals surface area contributed by atoms with Gasteiger partial charge < -0.3 is 10.4 Å². The third-order valence-corrected chi connectivity index (χ3v) is 3.71. The molecule has 0 saturated carbocycles. The van der Waals surface area contributed by atoms with E-state index in [1.54, 1.807) is 11.8 Å². The van der Waals surface area contributed by atoms with Gasteiger partial charge in [-0.25, -0.2) is 9.97 Å². The second-order valence-electron chi connectivity index (χ2n) is 4.12. The number of aromatic nitrogens is 2. The van der Waals surface area contributed by atoms with Crippen LogP contribution in [-0.2, 0) is 6.42 Å². The number of hydrogen-bond donors (Lipinski definition) is 2. The van der Waals surface area contributed by atoms with Crippen LogP contribution >= 0.6 is 11.8 Å². The molecule has 5 heteroatoms. The van der Waals surface area contributed by atoms with Crippen LogP contribution in [0.25, 0.3) is 0 Å². The van der Waals surface area contributed by atoms with Crippen molar-refractivity contribution in [2.75, 3.05) is 24.2 Å². The van der Waals surface area contributed by atoms with Crippen molar-refractivity contribution in [2.45, 2.75) is 45.1 Å². The molecule has 0 aliphatic carbocycles. The summed E-state index contributed by atoms with van der Waals surface area (Å²) >= 11 is 1.70. The van der Waals surface area contributed by atoms with E-state index in [-0.39, 0.29) is 6.61 Å². The molecule has 1 aromatic rings. The minimum atomic E-state index is 0.235. The lowest BCUT2D eigenvalue weighted by Crippen LogP contribution is -2.08. The number of aliphatic hydroxyl groups excluding tert-OH is 1. The van der Waals surface area contributed by atoms with E-state index >= 15 is 0 Å². The number of aliphatic hydroxyl groups is 1. The van der Waals surface area contributed by atoms with Crippen LogP contribution < -0.4 is 5.32 Å². The van der Waals surface area contributed by atoms with Gasteiger partial charge >= 0.3 is 0 Å². The number of hydrogen-bond acceptors (Lipinski definition) is 5. The summed E-state index contributed by atoms with van der Waals surface area (Å²) in [6.45, 7) is 7.43. The highest BCUT2D eigenvalue weighted by atomic mass is 32.2. The quantitative estimate of drug-likeness (QED) is 0.431. The van der Waals surface area contributed by atoms with Crippen molar-refractivity contribution in [1.29, 1.82) is 0 Å². The average Bonchev–Trinajstić information content (AvgIpc) is 2.39. The molecule has 0 radical (unpaired) electrons. The Bertz CT molecular complexity index is 371. The molecule has 1 heterocycles. The van der Waals surface area contributed by atoms with Crippen LogP contribution in [0.5, 0.6) is 0 Å². The maximum Gasteiger partial charge on any atom is 0.133 e. The van der Waals surface area contributed by atoms with Gasteiger partial charge in [0.15, 0.2) is 0 Å². The number of nitrogens with zero attached hydrogens (tertiary/aromatic N) is 2. The predicted molar refractivity (Wildman–Crippen MR) is 77.4 cm³/mol. The second-order valence-corrected chi connectivity index (χ2v) is 5.21. The molecule has 2 N–H and O–H groups in total. The van der Waals surface area contributed by atoms with E-state index in [1.807, 2.05) is 0 Å².